The van der Waals surface area contributed by atoms with E-state index in [4.69, 9.17) is 10.5 Å². The van der Waals surface area contributed by atoms with Crippen molar-refractivity contribution in [3.05, 3.63) is 53.8 Å². The number of rotatable bonds is 5. The van der Waals surface area contributed by atoms with Crippen LogP contribution in [0.1, 0.15) is 19.4 Å². The van der Waals surface area contributed by atoms with Crippen molar-refractivity contribution in [1.82, 2.24) is 0 Å². The van der Waals surface area contributed by atoms with Crippen molar-refractivity contribution in [3.63, 3.8) is 0 Å². The molecule has 2 aromatic rings. The van der Waals surface area contributed by atoms with Gasteiger partial charge in [-0.25, -0.2) is 4.39 Å². The van der Waals surface area contributed by atoms with E-state index in [0.29, 0.717) is 18.0 Å². The topological polar surface area (TPSA) is 47.3 Å². The van der Waals surface area contributed by atoms with Gasteiger partial charge in [0, 0.05) is 18.3 Å². The van der Waals surface area contributed by atoms with Gasteiger partial charge in [-0.1, -0.05) is 12.1 Å². The van der Waals surface area contributed by atoms with E-state index in [-0.39, 0.29) is 11.9 Å². The third-order valence-corrected chi connectivity index (χ3v) is 2.76. The number of halogens is 1. The summed E-state index contributed by atoms with van der Waals surface area (Å²) in [5.74, 6) is 0.426. The molecule has 0 fully saturated rings. The first kappa shape index (κ1) is 14.2. The number of nitrogens with one attached hydrogen (secondary N) is 1. The molecule has 106 valence electrons. The Labute approximate surface area is 118 Å². The van der Waals surface area contributed by atoms with Gasteiger partial charge in [0.1, 0.15) is 11.6 Å². The summed E-state index contributed by atoms with van der Waals surface area (Å²) in [7, 11) is 0. The van der Waals surface area contributed by atoms with Crippen LogP contribution in [-0.4, -0.2) is 6.10 Å². The summed E-state index contributed by atoms with van der Waals surface area (Å²) in [5.41, 5.74) is 8.24. The van der Waals surface area contributed by atoms with Gasteiger partial charge in [0.2, 0.25) is 0 Å². The molecule has 2 rings (SSSR count). The predicted molar refractivity (Wildman–Crippen MR) is 80.3 cm³/mol. The zero-order valence-electron chi connectivity index (χ0n) is 11.7. The minimum atomic E-state index is -0.231. The van der Waals surface area contributed by atoms with Crippen LogP contribution in [0, 0.1) is 5.82 Å². The zero-order chi connectivity index (χ0) is 14.5. The number of ether oxygens (including phenoxy) is 1. The molecule has 3 N–H and O–H groups in total. The van der Waals surface area contributed by atoms with E-state index in [2.05, 4.69) is 5.32 Å². The summed E-state index contributed by atoms with van der Waals surface area (Å²) >= 11 is 0. The smallest absolute Gasteiger partial charge is 0.144 e. The van der Waals surface area contributed by atoms with Crippen molar-refractivity contribution >= 4 is 11.4 Å². The molecule has 4 heteroatoms. The normalized spacial score (nSPS) is 10.6. The van der Waals surface area contributed by atoms with Gasteiger partial charge < -0.3 is 15.8 Å². The van der Waals surface area contributed by atoms with Gasteiger partial charge in [-0.3, -0.25) is 0 Å². The molecular weight excluding hydrogens is 255 g/mol. The fourth-order valence-corrected chi connectivity index (χ4v) is 1.85. The Morgan fingerprint density at radius 3 is 2.70 bits per heavy atom. The van der Waals surface area contributed by atoms with Crippen LogP contribution in [0.2, 0.25) is 0 Å². The molecule has 20 heavy (non-hydrogen) atoms. The number of nitrogens with two attached hydrogens (primary N) is 1. The van der Waals surface area contributed by atoms with Crippen LogP contribution in [-0.2, 0) is 6.54 Å². The van der Waals surface area contributed by atoms with Crippen molar-refractivity contribution in [2.45, 2.75) is 26.5 Å². The van der Waals surface area contributed by atoms with Gasteiger partial charge >= 0.3 is 0 Å². The molecule has 0 spiro atoms. The first-order chi connectivity index (χ1) is 9.54. The largest absolute Gasteiger partial charge is 0.489 e. The first-order valence-electron chi connectivity index (χ1n) is 6.59. The van der Waals surface area contributed by atoms with Crippen LogP contribution in [0.25, 0.3) is 0 Å². The fraction of sp³-hybridized carbons (Fsp3) is 0.250. The van der Waals surface area contributed by atoms with Crippen LogP contribution in [0.15, 0.2) is 42.5 Å². The maximum Gasteiger partial charge on any atom is 0.144 e. The van der Waals surface area contributed by atoms with Crippen molar-refractivity contribution in [3.8, 4) is 5.75 Å². The molecule has 0 bridgehead atoms. The molecule has 0 aliphatic rings. The molecule has 0 unspecified atom stereocenters. The zero-order valence-corrected chi connectivity index (χ0v) is 11.7. The molecule has 0 aliphatic heterocycles. The molecule has 0 saturated heterocycles. The van der Waals surface area contributed by atoms with Crippen molar-refractivity contribution in [1.29, 1.82) is 0 Å². The Morgan fingerprint density at radius 1 is 1.20 bits per heavy atom. The lowest BCUT2D eigenvalue weighted by atomic mass is 10.2. The molecule has 0 radical (unpaired) electrons. The lowest BCUT2D eigenvalue weighted by molar-refractivity contribution is 0.244. The van der Waals surface area contributed by atoms with Crippen molar-refractivity contribution in [2.24, 2.45) is 0 Å². The molecule has 0 amide bonds. The lowest BCUT2D eigenvalue weighted by Gasteiger charge is -2.14. The fourth-order valence-electron chi connectivity index (χ4n) is 1.85. The van der Waals surface area contributed by atoms with Gasteiger partial charge in [-0.05, 0) is 43.7 Å². The van der Waals surface area contributed by atoms with Crippen molar-refractivity contribution in [2.75, 3.05) is 11.1 Å². The highest BCUT2D eigenvalue weighted by Crippen LogP contribution is 2.26. The molecular formula is C16H19FN2O. The minimum Gasteiger partial charge on any atom is -0.489 e. The SMILES string of the molecule is CC(C)Oc1cc(NCc2cccc(F)c2)ccc1N. The van der Waals surface area contributed by atoms with Crippen molar-refractivity contribution < 1.29 is 9.13 Å². The van der Waals surface area contributed by atoms with E-state index in [1.54, 1.807) is 12.1 Å². The molecule has 2 aromatic carbocycles. The van der Waals surface area contributed by atoms with E-state index < -0.39 is 0 Å². The average molecular weight is 274 g/mol. The lowest BCUT2D eigenvalue weighted by Crippen LogP contribution is -2.08. The van der Waals surface area contributed by atoms with Gasteiger partial charge in [0.25, 0.3) is 0 Å². The average Bonchev–Trinajstić information content (AvgIpc) is 2.39. The number of hydrogen-bond acceptors (Lipinski definition) is 3. The van der Waals surface area contributed by atoms with E-state index in [1.807, 2.05) is 32.0 Å². The van der Waals surface area contributed by atoms with E-state index in [0.717, 1.165) is 11.3 Å². The van der Waals surface area contributed by atoms with Gasteiger partial charge in [-0.15, -0.1) is 0 Å². The number of benzene rings is 2. The second-order valence-electron chi connectivity index (χ2n) is 4.90. The maximum absolute atomic E-state index is 13.1. The van der Waals surface area contributed by atoms with Crippen LogP contribution >= 0.6 is 0 Å². The molecule has 3 nitrogen and oxygen atoms in total. The Kier molecular flexibility index (Phi) is 4.45. The highest BCUT2D eigenvalue weighted by molar-refractivity contribution is 5.61. The molecule has 0 saturated carbocycles. The van der Waals surface area contributed by atoms with E-state index >= 15 is 0 Å². The highest BCUT2D eigenvalue weighted by atomic mass is 19.1. The maximum atomic E-state index is 13.1. The van der Waals surface area contributed by atoms with Crippen LogP contribution in [0.3, 0.4) is 0 Å². The summed E-state index contributed by atoms with van der Waals surface area (Å²) in [6.45, 7) is 4.45. The second kappa shape index (κ2) is 6.28. The van der Waals surface area contributed by atoms with Gasteiger partial charge in [0.05, 0.1) is 11.8 Å². The number of hydrogen-bond donors (Lipinski definition) is 2. The van der Waals surface area contributed by atoms with E-state index in [9.17, 15) is 4.39 Å². The Morgan fingerprint density at radius 2 is 2.00 bits per heavy atom. The monoisotopic (exact) mass is 274 g/mol. The van der Waals surface area contributed by atoms with E-state index in [1.165, 1.54) is 12.1 Å². The minimum absolute atomic E-state index is 0.0655. The quantitative estimate of drug-likeness (QED) is 0.815. The summed E-state index contributed by atoms with van der Waals surface area (Å²) in [4.78, 5) is 0. The summed E-state index contributed by atoms with van der Waals surface area (Å²) < 4.78 is 18.7. The highest BCUT2D eigenvalue weighted by Gasteiger charge is 2.04. The Balaban J connectivity index is 2.06. The molecule has 0 heterocycles. The predicted octanol–water partition coefficient (Wildman–Crippen LogP) is 3.81. The number of anilines is 2. The van der Waals surface area contributed by atoms with Gasteiger partial charge in [0.15, 0.2) is 0 Å². The molecule has 0 aliphatic carbocycles. The molecule has 0 atom stereocenters. The summed E-state index contributed by atoms with van der Waals surface area (Å²) in [5, 5.41) is 3.23. The number of nitrogen functional groups attached to an aromatic ring is 1. The third kappa shape index (κ3) is 3.88. The third-order valence-electron chi connectivity index (χ3n) is 2.76. The van der Waals surface area contributed by atoms with Gasteiger partial charge in [-0.2, -0.15) is 0 Å². The van der Waals surface area contributed by atoms with Crippen LogP contribution < -0.4 is 15.8 Å². The summed E-state index contributed by atoms with van der Waals surface area (Å²) in [6, 6.07) is 12.0. The first-order valence-corrected chi connectivity index (χ1v) is 6.59. The second-order valence-corrected chi connectivity index (χ2v) is 4.90. The summed E-state index contributed by atoms with van der Waals surface area (Å²) in [6.07, 6.45) is 0.0655. The standard InChI is InChI=1S/C16H19FN2O/c1-11(2)20-16-9-14(6-7-15(16)18)19-10-12-4-3-5-13(17)8-12/h3-9,11,19H,10,18H2,1-2H3. The van der Waals surface area contributed by atoms with Crippen LogP contribution in [0.5, 0.6) is 5.75 Å². The van der Waals surface area contributed by atoms with Crippen LogP contribution in [0.4, 0.5) is 15.8 Å². The molecule has 0 aromatic heterocycles. The Bertz CT molecular complexity index is 584. The Hall–Kier alpha value is -2.23.